The number of hydrogen-bond acceptors (Lipinski definition) is 1. The molecular weight excluding hydrogens is 258 g/mol. The molecule has 3 unspecified atom stereocenters. The summed E-state index contributed by atoms with van der Waals surface area (Å²) in [5.74, 6) is 0.566. The van der Waals surface area contributed by atoms with Crippen LogP contribution < -0.4 is 0 Å². The summed E-state index contributed by atoms with van der Waals surface area (Å²) < 4.78 is 25.0. The second kappa shape index (κ2) is 5.33. The van der Waals surface area contributed by atoms with Crippen molar-refractivity contribution in [3.05, 3.63) is 71.3 Å². The molecule has 0 saturated heterocycles. The molecule has 1 aliphatic rings. The maximum absolute atomic E-state index is 12.5. The van der Waals surface area contributed by atoms with Gasteiger partial charge >= 0.3 is 0 Å². The van der Waals surface area contributed by atoms with Crippen LogP contribution >= 0.6 is 0 Å². The summed E-state index contributed by atoms with van der Waals surface area (Å²) >= 11 is 0. The predicted octanol–water partition coefficient (Wildman–Crippen LogP) is 4.46. The molecule has 3 rings (SSSR count). The lowest BCUT2D eigenvalue weighted by Gasteiger charge is -2.11. The van der Waals surface area contributed by atoms with Crippen LogP contribution in [0.4, 0.5) is 8.78 Å². The molecule has 3 heteroatoms. The van der Waals surface area contributed by atoms with Crippen molar-refractivity contribution < 1.29 is 13.9 Å². The van der Waals surface area contributed by atoms with Crippen molar-refractivity contribution >= 4 is 0 Å². The van der Waals surface area contributed by atoms with Crippen molar-refractivity contribution in [1.82, 2.24) is 0 Å². The van der Waals surface area contributed by atoms with E-state index >= 15 is 0 Å². The van der Waals surface area contributed by atoms with Crippen LogP contribution in [0.3, 0.4) is 0 Å². The second-order valence-corrected chi connectivity index (χ2v) is 5.33. The van der Waals surface area contributed by atoms with Crippen LogP contribution in [0.2, 0.25) is 0 Å². The Morgan fingerprint density at radius 1 is 0.900 bits per heavy atom. The molecular formula is C17H16F2O. The van der Waals surface area contributed by atoms with Gasteiger partial charge in [0.1, 0.15) is 0 Å². The zero-order valence-electron chi connectivity index (χ0n) is 10.9. The number of aliphatic hydroxyl groups is 1. The van der Waals surface area contributed by atoms with Gasteiger partial charge < -0.3 is 5.11 Å². The molecule has 1 nitrogen and oxygen atoms in total. The monoisotopic (exact) mass is 274 g/mol. The van der Waals surface area contributed by atoms with Gasteiger partial charge in [-0.05, 0) is 29.4 Å². The molecule has 0 radical (unpaired) electrons. The fourth-order valence-corrected chi connectivity index (χ4v) is 2.73. The molecule has 0 aliphatic heterocycles. The van der Waals surface area contributed by atoms with Crippen LogP contribution in [0, 0.1) is 5.92 Å². The number of hydrogen-bond donors (Lipinski definition) is 1. The molecule has 1 saturated carbocycles. The number of alkyl halides is 2. The van der Waals surface area contributed by atoms with Crippen molar-refractivity contribution in [3.8, 4) is 0 Å². The third kappa shape index (κ3) is 2.59. The quantitative estimate of drug-likeness (QED) is 0.872. The van der Waals surface area contributed by atoms with Crippen molar-refractivity contribution in [2.75, 3.05) is 0 Å². The maximum Gasteiger partial charge on any atom is 0.263 e. The molecule has 0 amide bonds. The minimum absolute atomic E-state index is 0.00337. The lowest BCUT2D eigenvalue weighted by Crippen LogP contribution is -2.01. The maximum atomic E-state index is 12.5. The topological polar surface area (TPSA) is 20.2 Å². The van der Waals surface area contributed by atoms with Gasteiger partial charge in [-0.3, -0.25) is 0 Å². The van der Waals surface area contributed by atoms with E-state index in [4.69, 9.17) is 0 Å². The first-order chi connectivity index (χ1) is 9.66. The van der Waals surface area contributed by atoms with Crippen molar-refractivity contribution in [1.29, 1.82) is 0 Å². The third-order valence-electron chi connectivity index (χ3n) is 4.00. The fraction of sp³-hybridized carbons (Fsp3) is 0.294. The van der Waals surface area contributed by atoms with Gasteiger partial charge in [0.2, 0.25) is 0 Å². The Hall–Kier alpha value is -1.74. The van der Waals surface area contributed by atoms with Gasteiger partial charge in [-0.25, -0.2) is 8.78 Å². The largest absolute Gasteiger partial charge is 0.388 e. The Morgan fingerprint density at radius 2 is 1.50 bits per heavy atom. The molecule has 104 valence electrons. The number of aliphatic hydroxyl groups excluding tert-OH is 1. The highest BCUT2D eigenvalue weighted by molar-refractivity contribution is 5.31. The molecule has 2 aromatic carbocycles. The first-order valence-corrected chi connectivity index (χ1v) is 6.78. The van der Waals surface area contributed by atoms with Crippen LogP contribution in [0.1, 0.15) is 41.6 Å². The lowest BCUT2D eigenvalue weighted by atomic mass is 10.0. The average molecular weight is 274 g/mol. The first kappa shape index (κ1) is 13.3. The number of benzene rings is 2. The van der Waals surface area contributed by atoms with Gasteiger partial charge in [0.05, 0.1) is 6.10 Å². The van der Waals surface area contributed by atoms with Gasteiger partial charge in [-0.15, -0.1) is 0 Å². The fourth-order valence-electron chi connectivity index (χ4n) is 2.73. The summed E-state index contributed by atoms with van der Waals surface area (Å²) in [4.78, 5) is 0. The Balaban J connectivity index is 1.70. The highest BCUT2D eigenvalue weighted by Crippen LogP contribution is 2.53. The molecule has 0 bridgehead atoms. The van der Waals surface area contributed by atoms with Gasteiger partial charge in [0.25, 0.3) is 6.43 Å². The van der Waals surface area contributed by atoms with E-state index in [2.05, 4.69) is 12.1 Å². The van der Waals surface area contributed by atoms with E-state index in [0.717, 1.165) is 12.0 Å². The van der Waals surface area contributed by atoms with Crippen LogP contribution in [0.15, 0.2) is 54.6 Å². The normalized spacial score (nSPS) is 22.8. The van der Waals surface area contributed by atoms with E-state index in [1.54, 1.807) is 12.1 Å². The van der Waals surface area contributed by atoms with Gasteiger partial charge in [0.15, 0.2) is 0 Å². The molecule has 3 atom stereocenters. The molecule has 0 spiro atoms. The standard InChI is InChI=1S/C17H16F2O/c18-17(19)13-8-6-12(7-9-13)16(20)15-10-14(15)11-4-2-1-3-5-11/h1-9,14-17,20H,10H2. The van der Waals surface area contributed by atoms with E-state index in [-0.39, 0.29) is 11.5 Å². The van der Waals surface area contributed by atoms with Gasteiger partial charge in [-0.1, -0.05) is 54.6 Å². The van der Waals surface area contributed by atoms with E-state index in [9.17, 15) is 13.9 Å². The van der Waals surface area contributed by atoms with E-state index in [1.165, 1.54) is 17.7 Å². The predicted molar refractivity (Wildman–Crippen MR) is 73.6 cm³/mol. The molecule has 1 N–H and O–H groups in total. The average Bonchev–Trinajstić information content (AvgIpc) is 3.28. The SMILES string of the molecule is OC(c1ccc(C(F)F)cc1)C1CC1c1ccccc1. The van der Waals surface area contributed by atoms with Crippen LogP contribution in [0.5, 0.6) is 0 Å². The summed E-state index contributed by atoms with van der Waals surface area (Å²) in [6.45, 7) is 0. The minimum Gasteiger partial charge on any atom is -0.388 e. The summed E-state index contributed by atoms with van der Waals surface area (Å²) in [7, 11) is 0. The Bertz CT molecular complexity index is 565. The molecule has 2 aromatic rings. The number of halogens is 2. The highest BCUT2D eigenvalue weighted by atomic mass is 19.3. The van der Waals surface area contributed by atoms with E-state index in [1.807, 2.05) is 18.2 Å². The smallest absolute Gasteiger partial charge is 0.263 e. The third-order valence-corrected chi connectivity index (χ3v) is 4.00. The minimum atomic E-state index is -2.46. The van der Waals surface area contributed by atoms with Crippen molar-refractivity contribution in [2.24, 2.45) is 5.92 Å². The summed E-state index contributed by atoms with van der Waals surface area (Å²) in [6.07, 6.45) is -2.09. The molecule has 0 heterocycles. The van der Waals surface area contributed by atoms with Crippen molar-refractivity contribution in [3.63, 3.8) is 0 Å². The van der Waals surface area contributed by atoms with Crippen LogP contribution in [0.25, 0.3) is 0 Å². The van der Waals surface area contributed by atoms with E-state index < -0.39 is 12.5 Å². The van der Waals surface area contributed by atoms with Crippen molar-refractivity contribution in [2.45, 2.75) is 24.9 Å². The van der Waals surface area contributed by atoms with Crippen LogP contribution in [-0.4, -0.2) is 5.11 Å². The summed E-state index contributed by atoms with van der Waals surface area (Å²) in [5.41, 5.74) is 1.95. The molecule has 0 aromatic heterocycles. The first-order valence-electron chi connectivity index (χ1n) is 6.78. The summed E-state index contributed by atoms with van der Waals surface area (Å²) in [6, 6.07) is 16.1. The van der Waals surface area contributed by atoms with E-state index in [0.29, 0.717) is 5.92 Å². The molecule has 20 heavy (non-hydrogen) atoms. The molecule has 1 aliphatic carbocycles. The molecule has 1 fully saturated rings. The Labute approximate surface area is 116 Å². The zero-order valence-corrected chi connectivity index (χ0v) is 10.9. The number of rotatable bonds is 4. The lowest BCUT2D eigenvalue weighted by molar-refractivity contribution is 0.147. The van der Waals surface area contributed by atoms with Gasteiger partial charge in [0, 0.05) is 5.56 Å². The second-order valence-electron chi connectivity index (χ2n) is 5.33. The summed E-state index contributed by atoms with van der Waals surface area (Å²) in [5, 5.41) is 10.3. The Kier molecular flexibility index (Phi) is 3.53. The van der Waals surface area contributed by atoms with Crippen LogP contribution in [-0.2, 0) is 0 Å². The van der Waals surface area contributed by atoms with Gasteiger partial charge in [-0.2, -0.15) is 0 Å². The zero-order chi connectivity index (χ0) is 14.1. The highest BCUT2D eigenvalue weighted by Gasteiger charge is 2.43. The Morgan fingerprint density at radius 3 is 2.10 bits per heavy atom.